The molecule has 3 rings (SSSR count). The van der Waals surface area contributed by atoms with Crippen molar-refractivity contribution in [2.75, 3.05) is 13.2 Å². The minimum absolute atomic E-state index is 0.0981. The van der Waals surface area contributed by atoms with Crippen molar-refractivity contribution in [3.8, 4) is 5.75 Å². The van der Waals surface area contributed by atoms with E-state index in [9.17, 15) is 19.2 Å². The fourth-order valence-electron chi connectivity index (χ4n) is 4.27. The summed E-state index contributed by atoms with van der Waals surface area (Å²) >= 11 is 0. The highest BCUT2D eigenvalue weighted by atomic mass is 16.5. The Morgan fingerprint density at radius 3 is 2.22 bits per heavy atom. The van der Waals surface area contributed by atoms with Crippen molar-refractivity contribution in [2.45, 2.75) is 76.7 Å². The maximum atomic E-state index is 13.0. The van der Waals surface area contributed by atoms with E-state index in [-0.39, 0.29) is 24.0 Å². The van der Waals surface area contributed by atoms with Gasteiger partial charge < -0.3 is 10.5 Å². The lowest BCUT2D eigenvalue weighted by Gasteiger charge is -2.27. The van der Waals surface area contributed by atoms with Gasteiger partial charge in [-0.2, -0.15) is 0 Å². The number of hydrogen-bond donors (Lipinski definition) is 2. The maximum Gasteiger partial charge on any atom is 0.266 e. The summed E-state index contributed by atoms with van der Waals surface area (Å²) in [5, 5.41) is 2.20. The summed E-state index contributed by atoms with van der Waals surface area (Å²) in [4.78, 5) is 50.4. The van der Waals surface area contributed by atoms with Crippen LogP contribution >= 0.6 is 0 Å². The molecule has 0 radical (unpaired) electrons. The van der Waals surface area contributed by atoms with Crippen molar-refractivity contribution in [2.24, 2.45) is 5.73 Å². The third-order valence-corrected chi connectivity index (χ3v) is 6.04. The fourth-order valence-corrected chi connectivity index (χ4v) is 4.27. The van der Waals surface area contributed by atoms with Crippen molar-refractivity contribution < 1.29 is 23.9 Å². The van der Waals surface area contributed by atoms with E-state index in [1.54, 1.807) is 18.2 Å². The highest BCUT2D eigenvalue weighted by Gasteiger charge is 2.45. The van der Waals surface area contributed by atoms with Crippen molar-refractivity contribution >= 4 is 23.6 Å². The monoisotopic (exact) mass is 443 g/mol. The quantitative estimate of drug-likeness (QED) is 0.357. The minimum atomic E-state index is -0.969. The van der Waals surface area contributed by atoms with Crippen LogP contribution in [0.5, 0.6) is 5.75 Å². The van der Waals surface area contributed by atoms with Crippen LogP contribution in [0.25, 0.3) is 0 Å². The number of benzene rings is 1. The number of carbonyl (C=O) groups excluding carboxylic acids is 4. The number of rotatable bonds is 13. The minimum Gasteiger partial charge on any atom is -0.493 e. The number of ether oxygens (including phenoxy) is 1. The summed E-state index contributed by atoms with van der Waals surface area (Å²) < 4.78 is 5.85. The zero-order valence-corrected chi connectivity index (χ0v) is 18.6. The number of carbonyl (C=O) groups is 4. The summed E-state index contributed by atoms with van der Waals surface area (Å²) in [5.74, 6) is -1.69. The van der Waals surface area contributed by atoms with Crippen molar-refractivity contribution in [3.05, 3.63) is 29.3 Å². The third-order valence-electron chi connectivity index (χ3n) is 6.04. The van der Waals surface area contributed by atoms with Gasteiger partial charge in [-0.1, -0.05) is 51.0 Å². The molecule has 3 N–H and O–H groups in total. The van der Waals surface area contributed by atoms with Crippen molar-refractivity contribution in [3.63, 3.8) is 0 Å². The standard InChI is InChI=1S/C24H33N3O5/c25-15-8-6-4-2-1-3-5-7-9-16-32-19-12-10-11-17-21(19)24(31)27(23(17)30)18-13-14-20(28)26-22(18)29/h10-12,18H,1-9,13-16,25H2,(H,26,28,29). The number of nitrogens with one attached hydrogen (secondary N) is 1. The molecule has 1 atom stereocenters. The van der Waals surface area contributed by atoms with Gasteiger partial charge >= 0.3 is 0 Å². The number of unbranched alkanes of at least 4 members (excludes halogenated alkanes) is 8. The molecule has 1 saturated heterocycles. The molecule has 1 aromatic rings. The van der Waals surface area contributed by atoms with Gasteiger partial charge in [-0.05, 0) is 37.9 Å². The zero-order valence-electron chi connectivity index (χ0n) is 18.6. The van der Waals surface area contributed by atoms with Gasteiger partial charge in [-0.15, -0.1) is 0 Å². The second-order valence-corrected chi connectivity index (χ2v) is 8.45. The Morgan fingerprint density at radius 2 is 1.56 bits per heavy atom. The average Bonchev–Trinajstić information content (AvgIpc) is 3.03. The van der Waals surface area contributed by atoms with Crippen LogP contribution in [0.4, 0.5) is 0 Å². The molecule has 1 fully saturated rings. The summed E-state index contributed by atoms with van der Waals surface area (Å²) in [7, 11) is 0. The molecule has 2 aliphatic heterocycles. The van der Waals surface area contributed by atoms with Gasteiger partial charge in [0, 0.05) is 6.42 Å². The van der Waals surface area contributed by atoms with E-state index in [2.05, 4.69) is 5.32 Å². The Balaban J connectivity index is 1.47. The summed E-state index contributed by atoms with van der Waals surface area (Å²) in [6.07, 6.45) is 10.6. The van der Waals surface area contributed by atoms with E-state index in [0.29, 0.717) is 12.4 Å². The lowest BCUT2D eigenvalue weighted by molar-refractivity contribution is -0.136. The second-order valence-electron chi connectivity index (χ2n) is 8.45. The highest BCUT2D eigenvalue weighted by Crippen LogP contribution is 2.33. The molecule has 174 valence electrons. The molecular formula is C24H33N3O5. The molecule has 2 heterocycles. The van der Waals surface area contributed by atoms with E-state index in [0.717, 1.165) is 37.1 Å². The van der Waals surface area contributed by atoms with Crippen molar-refractivity contribution in [1.82, 2.24) is 10.2 Å². The number of nitrogens with zero attached hydrogens (tertiary/aromatic N) is 1. The van der Waals surface area contributed by atoms with Crippen LogP contribution in [0.15, 0.2) is 18.2 Å². The molecule has 0 aromatic heterocycles. The Morgan fingerprint density at radius 1 is 0.906 bits per heavy atom. The van der Waals surface area contributed by atoms with Gasteiger partial charge in [0.2, 0.25) is 11.8 Å². The lowest BCUT2D eigenvalue weighted by atomic mass is 10.0. The number of amides is 4. The van der Waals surface area contributed by atoms with Gasteiger partial charge in [-0.25, -0.2) is 0 Å². The van der Waals surface area contributed by atoms with E-state index in [1.165, 1.54) is 32.1 Å². The van der Waals surface area contributed by atoms with Gasteiger partial charge in [0.1, 0.15) is 11.8 Å². The molecule has 8 heteroatoms. The van der Waals surface area contributed by atoms with Crippen LogP contribution in [0, 0.1) is 0 Å². The number of imide groups is 2. The van der Waals surface area contributed by atoms with Gasteiger partial charge in [0.15, 0.2) is 0 Å². The molecule has 0 spiro atoms. The van der Waals surface area contributed by atoms with Crippen LogP contribution in [0.1, 0.15) is 91.3 Å². The Hall–Kier alpha value is -2.74. The molecule has 8 nitrogen and oxygen atoms in total. The fraction of sp³-hybridized carbons (Fsp3) is 0.583. The maximum absolute atomic E-state index is 13.0. The zero-order chi connectivity index (χ0) is 22.9. The second kappa shape index (κ2) is 11.8. The molecule has 0 saturated carbocycles. The summed E-state index contributed by atoms with van der Waals surface area (Å²) in [5.41, 5.74) is 5.95. The summed E-state index contributed by atoms with van der Waals surface area (Å²) in [6.45, 7) is 1.24. The van der Waals surface area contributed by atoms with Gasteiger partial charge in [0.25, 0.3) is 11.8 Å². The first-order chi connectivity index (χ1) is 15.5. The molecular weight excluding hydrogens is 410 g/mol. The van der Waals surface area contributed by atoms with E-state index < -0.39 is 29.7 Å². The number of hydrogen-bond acceptors (Lipinski definition) is 6. The summed E-state index contributed by atoms with van der Waals surface area (Å²) in [6, 6.07) is 3.96. The number of piperidine rings is 1. The number of nitrogens with two attached hydrogens (primary N) is 1. The van der Waals surface area contributed by atoms with Crippen molar-refractivity contribution in [1.29, 1.82) is 0 Å². The Kier molecular flexibility index (Phi) is 8.79. The highest BCUT2D eigenvalue weighted by molar-refractivity contribution is 6.24. The molecule has 32 heavy (non-hydrogen) atoms. The van der Waals surface area contributed by atoms with Crippen LogP contribution < -0.4 is 15.8 Å². The topological polar surface area (TPSA) is 119 Å². The first-order valence-corrected chi connectivity index (χ1v) is 11.7. The van der Waals surface area contributed by atoms with Crippen LogP contribution in [0.2, 0.25) is 0 Å². The van der Waals surface area contributed by atoms with E-state index in [4.69, 9.17) is 10.5 Å². The predicted octanol–water partition coefficient (Wildman–Crippen LogP) is 2.94. The Labute approximate surface area is 188 Å². The van der Waals surface area contributed by atoms with E-state index in [1.807, 2.05) is 0 Å². The van der Waals surface area contributed by atoms with Gasteiger partial charge in [-0.3, -0.25) is 29.4 Å². The largest absolute Gasteiger partial charge is 0.493 e. The lowest BCUT2D eigenvalue weighted by Crippen LogP contribution is -2.54. The third kappa shape index (κ3) is 5.73. The molecule has 2 aliphatic rings. The molecule has 1 unspecified atom stereocenters. The normalized spacial score (nSPS) is 18.2. The van der Waals surface area contributed by atoms with Crippen LogP contribution in [-0.2, 0) is 9.59 Å². The van der Waals surface area contributed by atoms with Gasteiger partial charge in [0.05, 0.1) is 17.7 Å². The SMILES string of the molecule is NCCCCCCCCCCCOc1cccc2c1C(=O)N(C1CCC(=O)NC1=O)C2=O. The predicted molar refractivity (Wildman–Crippen MR) is 119 cm³/mol. The van der Waals surface area contributed by atoms with Crippen LogP contribution in [0.3, 0.4) is 0 Å². The first kappa shape index (κ1) is 23.9. The Bertz CT molecular complexity index is 854. The van der Waals surface area contributed by atoms with E-state index >= 15 is 0 Å². The molecule has 1 aromatic carbocycles. The molecule has 0 bridgehead atoms. The smallest absolute Gasteiger partial charge is 0.266 e. The first-order valence-electron chi connectivity index (χ1n) is 11.7. The molecule has 4 amide bonds. The molecule has 0 aliphatic carbocycles. The average molecular weight is 444 g/mol. The van der Waals surface area contributed by atoms with Crippen LogP contribution in [-0.4, -0.2) is 47.7 Å². The number of fused-ring (bicyclic) bond motifs is 1.